The first-order valence-corrected chi connectivity index (χ1v) is 7.94. The van der Waals surface area contributed by atoms with Crippen LogP contribution in [0.5, 0.6) is 0 Å². The third-order valence-corrected chi connectivity index (χ3v) is 5.07. The second-order valence-corrected chi connectivity index (χ2v) is 7.13. The van der Waals surface area contributed by atoms with E-state index in [-0.39, 0.29) is 27.8 Å². The van der Waals surface area contributed by atoms with Gasteiger partial charge in [-0.2, -0.15) is 0 Å². The number of carbonyl (C=O) groups excluding carboxylic acids is 1. The standard InChI is InChI=1S/C11H11ClN2O5S/c12-10-2-1-8(14(16)17)5-9(10)11(15)13-7-3-4-20(18,19)6-7/h1-2,5,7H,3-4,6H2,(H,13,15). The predicted molar refractivity (Wildman–Crippen MR) is 72.6 cm³/mol. The molecule has 0 radical (unpaired) electrons. The van der Waals surface area contributed by atoms with Crippen molar-refractivity contribution in [2.75, 3.05) is 11.5 Å². The van der Waals surface area contributed by atoms with Gasteiger partial charge in [-0.3, -0.25) is 14.9 Å². The van der Waals surface area contributed by atoms with E-state index < -0.39 is 26.7 Å². The molecule has 1 unspecified atom stereocenters. The van der Waals surface area contributed by atoms with Gasteiger partial charge in [-0.05, 0) is 12.5 Å². The van der Waals surface area contributed by atoms with Crippen molar-refractivity contribution in [3.63, 3.8) is 0 Å². The Morgan fingerprint density at radius 3 is 2.70 bits per heavy atom. The topological polar surface area (TPSA) is 106 Å². The van der Waals surface area contributed by atoms with E-state index in [2.05, 4.69) is 5.32 Å². The zero-order valence-electron chi connectivity index (χ0n) is 10.2. The average Bonchev–Trinajstić information content (AvgIpc) is 2.68. The number of carbonyl (C=O) groups is 1. The van der Waals surface area contributed by atoms with E-state index >= 15 is 0 Å². The molecule has 0 bridgehead atoms. The molecule has 108 valence electrons. The Bertz CT molecular complexity index is 673. The molecule has 1 aliphatic rings. The van der Waals surface area contributed by atoms with Gasteiger partial charge in [0.25, 0.3) is 11.6 Å². The van der Waals surface area contributed by atoms with Crippen LogP contribution < -0.4 is 5.32 Å². The van der Waals surface area contributed by atoms with E-state index in [4.69, 9.17) is 11.6 Å². The lowest BCUT2D eigenvalue weighted by Crippen LogP contribution is -2.35. The lowest BCUT2D eigenvalue weighted by Gasteiger charge is -2.11. The molecule has 7 nitrogen and oxygen atoms in total. The maximum absolute atomic E-state index is 12.0. The molecule has 0 saturated carbocycles. The molecule has 20 heavy (non-hydrogen) atoms. The zero-order chi connectivity index (χ0) is 14.9. The number of nitro benzene ring substituents is 1. The summed E-state index contributed by atoms with van der Waals surface area (Å²) in [7, 11) is -3.11. The molecule has 0 aliphatic carbocycles. The first kappa shape index (κ1) is 14.7. The molecule has 0 spiro atoms. The van der Waals surface area contributed by atoms with Crippen LogP contribution >= 0.6 is 11.6 Å². The zero-order valence-corrected chi connectivity index (χ0v) is 11.8. The first-order chi connectivity index (χ1) is 9.28. The number of rotatable bonds is 3. The molecule has 1 aliphatic heterocycles. The minimum absolute atomic E-state index is 0.0284. The van der Waals surface area contributed by atoms with Crippen LogP contribution in [0.3, 0.4) is 0 Å². The van der Waals surface area contributed by atoms with E-state index in [0.29, 0.717) is 6.42 Å². The molecule has 1 atom stereocenters. The number of hydrogen-bond acceptors (Lipinski definition) is 5. The van der Waals surface area contributed by atoms with E-state index in [1.165, 1.54) is 12.1 Å². The van der Waals surface area contributed by atoms with Crippen molar-refractivity contribution in [2.24, 2.45) is 0 Å². The Hall–Kier alpha value is -1.67. The van der Waals surface area contributed by atoms with E-state index in [1.54, 1.807) is 0 Å². The number of amides is 1. The summed E-state index contributed by atoms with van der Waals surface area (Å²) in [6.45, 7) is 0. The van der Waals surface area contributed by atoms with Crippen molar-refractivity contribution in [3.8, 4) is 0 Å². The smallest absolute Gasteiger partial charge is 0.270 e. The van der Waals surface area contributed by atoms with Crippen LogP contribution in [0, 0.1) is 10.1 Å². The van der Waals surface area contributed by atoms with Gasteiger partial charge in [0.05, 0.1) is 27.0 Å². The van der Waals surface area contributed by atoms with E-state index in [1.807, 2.05) is 0 Å². The van der Waals surface area contributed by atoms with Gasteiger partial charge in [0.15, 0.2) is 9.84 Å². The number of halogens is 1. The van der Waals surface area contributed by atoms with Crippen molar-refractivity contribution in [3.05, 3.63) is 38.9 Å². The number of nitro groups is 1. The maximum Gasteiger partial charge on any atom is 0.270 e. The number of hydrogen-bond donors (Lipinski definition) is 1. The summed E-state index contributed by atoms with van der Waals surface area (Å²) < 4.78 is 22.6. The highest BCUT2D eigenvalue weighted by Crippen LogP contribution is 2.22. The van der Waals surface area contributed by atoms with Gasteiger partial charge < -0.3 is 5.32 Å². The SMILES string of the molecule is O=C(NC1CCS(=O)(=O)C1)c1cc([N+](=O)[O-])ccc1Cl. The fourth-order valence-electron chi connectivity index (χ4n) is 1.97. The summed E-state index contributed by atoms with van der Waals surface area (Å²) in [6.07, 6.45) is 0.334. The van der Waals surface area contributed by atoms with Crippen molar-refractivity contribution < 1.29 is 18.1 Å². The van der Waals surface area contributed by atoms with Crippen LogP contribution in [0.1, 0.15) is 16.8 Å². The summed E-state index contributed by atoms with van der Waals surface area (Å²) in [5, 5.41) is 13.3. The molecular formula is C11H11ClN2O5S. The Kier molecular flexibility index (Phi) is 3.96. The van der Waals surface area contributed by atoms with Crippen LogP contribution in [-0.4, -0.2) is 36.8 Å². The number of nitrogens with zero attached hydrogens (tertiary/aromatic N) is 1. The Labute approximate surface area is 120 Å². The molecular weight excluding hydrogens is 308 g/mol. The van der Waals surface area contributed by atoms with Gasteiger partial charge in [0.1, 0.15) is 0 Å². The Morgan fingerprint density at radius 2 is 2.15 bits per heavy atom. The molecule has 9 heteroatoms. The lowest BCUT2D eigenvalue weighted by molar-refractivity contribution is -0.384. The van der Waals surface area contributed by atoms with Crippen molar-refractivity contribution in [1.29, 1.82) is 0 Å². The summed E-state index contributed by atoms with van der Waals surface area (Å²) in [5.74, 6) is -0.702. The minimum Gasteiger partial charge on any atom is -0.348 e. The molecule has 1 amide bonds. The third kappa shape index (κ3) is 3.26. The van der Waals surface area contributed by atoms with E-state index in [9.17, 15) is 23.3 Å². The largest absolute Gasteiger partial charge is 0.348 e. The summed E-state index contributed by atoms with van der Waals surface area (Å²) in [4.78, 5) is 22.0. The third-order valence-electron chi connectivity index (χ3n) is 2.97. The fraction of sp³-hybridized carbons (Fsp3) is 0.364. The van der Waals surface area contributed by atoms with Gasteiger partial charge in [0.2, 0.25) is 0 Å². The van der Waals surface area contributed by atoms with Gasteiger partial charge in [-0.15, -0.1) is 0 Å². The maximum atomic E-state index is 12.0. The molecule has 1 aromatic rings. The van der Waals surface area contributed by atoms with Gasteiger partial charge in [-0.25, -0.2) is 8.42 Å². The number of non-ortho nitro benzene ring substituents is 1. The van der Waals surface area contributed by atoms with Crippen molar-refractivity contribution in [1.82, 2.24) is 5.32 Å². The normalized spacial score (nSPS) is 20.6. The van der Waals surface area contributed by atoms with Crippen molar-refractivity contribution in [2.45, 2.75) is 12.5 Å². The average molecular weight is 319 g/mol. The quantitative estimate of drug-likeness (QED) is 0.665. The molecule has 1 N–H and O–H groups in total. The summed E-state index contributed by atoms with van der Waals surface area (Å²) in [5.41, 5.74) is -0.288. The molecule has 1 fully saturated rings. The molecule has 1 heterocycles. The van der Waals surface area contributed by atoms with Crippen LogP contribution in [0.2, 0.25) is 5.02 Å². The highest BCUT2D eigenvalue weighted by Gasteiger charge is 2.29. The van der Waals surface area contributed by atoms with E-state index in [0.717, 1.165) is 6.07 Å². The van der Waals surface area contributed by atoms with Gasteiger partial charge in [-0.1, -0.05) is 11.6 Å². The lowest BCUT2D eigenvalue weighted by atomic mass is 10.1. The van der Waals surface area contributed by atoms with Crippen LogP contribution in [0.25, 0.3) is 0 Å². The predicted octanol–water partition coefficient (Wildman–Crippen LogP) is 1.17. The Balaban J connectivity index is 2.17. The highest BCUT2D eigenvalue weighted by atomic mass is 35.5. The molecule has 1 saturated heterocycles. The molecule has 2 rings (SSSR count). The van der Waals surface area contributed by atoms with Gasteiger partial charge in [0, 0.05) is 18.2 Å². The van der Waals surface area contributed by atoms with Crippen LogP contribution in [0.4, 0.5) is 5.69 Å². The Morgan fingerprint density at radius 1 is 1.45 bits per heavy atom. The highest BCUT2D eigenvalue weighted by molar-refractivity contribution is 7.91. The second kappa shape index (κ2) is 5.37. The van der Waals surface area contributed by atoms with Crippen LogP contribution in [0.15, 0.2) is 18.2 Å². The van der Waals surface area contributed by atoms with Gasteiger partial charge >= 0.3 is 0 Å². The summed E-state index contributed by atoms with van der Waals surface area (Å²) in [6, 6.07) is 3.04. The molecule has 1 aromatic carbocycles. The monoisotopic (exact) mass is 318 g/mol. The summed E-state index contributed by atoms with van der Waals surface area (Å²) >= 11 is 5.84. The van der Waals surface area contributed by atoms with Crippen molar-refractivity contribution >= 4 is 33.0 Å². The first-order valence-electron chi connectivity index (χ1n) is 5.74. The number of benzene rings is 1. The minimum atomic E-state index is -3.11. The number of sulfone groups is 1. The van der Waals surface area contributed by atoms with Crippen LogP contribution in [-0.2, 0) is 9.84 Å². The fourth-order valence-corrected chi connectivity index (χ4v) is 3.85. The molecule has 0 aromatic heterocycles. The second-order valence-electron chi connectivity index (χ2n) is 4.49. The number of nitrogens with one attached hydrogen (secondary N) is 1.